The molecule has 2 aromatic rings. The van der Waals surface area contributed by atoms with Crippen molar-refractivity contribution in [3.05, 3.63) is 41.9 Å². The highest BCUT2D eigenvalue weighted by atomic mass is 19.1. The van der Waals surface area contributed by atoms with Crippen molar-refractivity contribution in [2.45, 2.75) is 13.1 Å². The highest BCUT2D eigenvalue weighted by Gasteiger charge is 2.12. The van der Waals surface area contributed by atoms with Crippen molar-refractivity contribution < 1.29 is 4.39 Å². The number of anilines is 1. The van der Waals surface area contributed by atoms with E-state index >= 15 is 0 Å². The Labute approximate surface area is 112 Å². The summed E-state index contributed by atoms with van der Waals surface area (Å²) in [6.45, 7) is 1.20. The third kappa shape index (κ3) is 3.08. The zero-order chi connectivity index (χ0) is 13.8. The van der Waals surface area contributed by atoms with E-state index < -0.39 is 0 Å². The largest absolute Gasteiger partial charge is 0.352 e. The summed E-state index contributed by atoms with van der Waals surface area (Å²) in [6.07, 6.45) is 4.90. The molecule has 5 nitrogen and oxygen atoms in total. The van der Waals surface area contributed by atoms with Gasteiger partial charge in [0.05, 0.1) is 12.7 Å². The Bertz CT molecular complexity index is 552. The van der Waals surface area contributed by atoms with Crippen molar-refractivity contribution in [1.82, 2.24) is 19.9 Å². The number of nitrogens with zero attached hydrogens (tertiary/aromatic N) is 4. The fourth-order valence-electron chi connectivity index (χ4n) is 1.97. The van der Waals surface area contributed by atoms with Crippen LogP contribution in [0.1, 0.15) is 11.4 Å². The van der Waals surface area contributed by atoms with Crippen molar-refractivity contribution >= 4 is 5.82 Å². The van der Waals surface area contributed by atoms with Crippen molar-refractivity contribution in [2.75, 3.05) is 19.0 Å². The second-order valence-electron chi connectivity index (χ2n) is 4.48. The summed E-state index contributed by atoms with van der Waals surface area (Å²) in [7, 11) is 5.70. The standard InChI is InChI=1S/C13H18FN5/c1-15-7-10-6-11(14)8-17-13(10)19(3)9-12-16-4-5-18(12)2/h4-6,8,15H,7,9H2,1-3H3. The van der Waals surface area contributed by atoms with E-state index in [-0.39, 0.29) is 5.82 Å². The van der Waals surface area contributed by atoms with Gasteiger partial charge >= 0.3 is 0 Å². The molecule has 0 aliphatic heterocycles. The normalized spacial score (nSPS) is 10.7. The molecule has 2 aromatic heterocycles. The van der Waals surface area contributed by atoms with Crippen LogP contribution in [0.2, 0.25) is 0 Å². The Morgan fingerprint density at radius 2 is 2.21 bits per heavy atom. The number of imidazole rings is 1. The van der Waals surface area contributed by atoms with E-state index in [1.807, 2.05) is 36.8 Å². The van der Waals surface area contributed by atoms with Crippen LogP contribution in [0.5, 0.6) is 0 Å². The monoisotopic (exact) mass is 263 g/mol. The van der Waals surface area contributed by atoms with Crippen LogP contribution in [0.3, 0.4) is 0 Å². The van der Waals surface area contributed by atoms with Crippen molar-refractivity contribution in [3.63, 3.8) is 0 Å². The quantitative estimate of drug-likeness (QED) is 0.883. The number of nitrogens with one attached hydrogen (secondary N) is 1. The first kappa shape index (κ1) is 13.5. The van der Waals surface area contributed by atoms with Gasteiger partial charge in [-0.1, -0.05) is 0 Å². The molecule has 1 N–H and O–H groups in total. The molecule has 2 heterocycles. The lowest BCUT2D eigenvalue weighted by Crippen LogP contribution is -2.23. The van der Waals surface area contributed by atoms with Crippen molar-refractivity contribution in [2.24, 2.45) is 7.05 Å². The second kappa shape index (κ2) is 5.79. The number of hydrogen-bond acceptors (Lipinski definition) is 4. The van der Waals surface area contributed by atoms with Crippen LogP contribution in [-0.4, -0.2) is 28.6 Å². The summed E-state index contributed by atoms with van der Waals surface area (Å²) in [5.41, 5.74) is 0.833. The minimum Gasteiger partial charge on any atom is -0.352 e. The van der Waals surface area contributed by atoms with Gasteiger partial charge in [-0.2, -0.15) is 0 Å². The average Bonchev–Trinajstić information content (AvgIpc) is 2.75. The molecule has 0 aliphatic carbocycles. The molecule has 6 heteroatoms. The highest BCUT2D eigenvalue weighted by Crippen LogP contribution is 2.18. The fraction of sp³-hybridized carbons (Fsp3) is 0.385. The van der Waals surface area contributed by atoms with E-state index in [9.17, 15) is 4.39 Å². The molecule has 0 saturated heterocycles. The van der Waals surface area contributed by atoms with Gasteiger partial charge in [0.1, 0.15) is 17.5 Å². The Morgan fingerprint density at radius 1 is 1.42 bits per heavy atom. The lowest BCUT2D eigenvalue weighted by molar-refractivity contribution is 0.615. The first-order valence-corrected chi connectivity index (χ1v) is 6.08. The van der Waals surface area contributed by atoms with E-state index in [0.29, 0.717) is 13.1 Å². The van der Waals surface area contributed by atoms with Crippen molar-refractivity contribution in [3.8, 4) is 0 Å². The minimum absolute atomic E-state index is 0.320. The first-order valence-electron chi connectivity index (χ1n) is 6.08. The third-order valence-corrected chi connectivity index (χ3v) is 2.94. The molecule has 0 fully saturated rings. The highest BCUT2D eigenvalue weighted by molar-refractivity contribution is 5.46. The summed E-state index contributed by atoms with van der Waals surface area (Å²) < 4.78 is 15.2. The lowest BCUT2D eigenvalue weighted by atomic mass is 10.2. The molecule has 0 spiro atoms. The molecule has 19 heavy (non-hydrogen) atoms. The van der Waals surface area contributed by atoms with Crippen LogP contribution in [0, 0.1) is 5.82 Å². The van der Waals surface area contributed by atoms with Crippen LogP contribution >= 0.6 is 0 Å². The minimum atomic E-state index is -0.320. The van der Waals surface area contributed by atoms with Crippen molar-refractivity contribution in [1.29, 1.82) is 0 Å². The average molecular weight is 263 g/mol. The van der Waals surface area contributed by atoms with E-state index in [2.05, 4.69) is 15.3 Å². The van der Waals surface area contributed by atoms with E-state index in [0.717, 1.165) is 17.2 Å². The topological polar surface area (TPSA) is 46.0 Å². The zero-order valence-electron chi connectivity index (χ0n) is 11.4. The SMILES string of the molecule is CNCc1cc(F)cnc1N(C)Cc1nccn1C. The number of hydrogen-bond donors (Lipinski definition) is 1. The lowest BCUT2D eigenvalue weighted by Gasteiger charge is -2.20. The van der Waals surface area contributed by atoms with Gasteiger partial charge < -0.3 is 14.8 Å². The summed E-state index contributed by atoms with van der Waals surface area (Å²) in [5, 5.41) is 3.02. The first-order chi connectivity index (χ1) is 9.11. The second-order valence-corrected chi connectivity index (χ2v) is 4.48. The number of rotatable bonds is 5. The molecule has 0 radical (unpaired) electrons. The molecule has 0 atom stereocenters. The van der Waals surface area contributed by atoms with Gasteiger partial charge in [0.25, 0.3) is 0 Å². The van der Waals surface area contributed by atoms with Crippen LogP contribution in [0.15, 0.2) is 24.7 Å². The molecule has 0 aliphatic rings. The number of halogens is 1. The fourth-order valence-corrected chi connectivity index (χ4v) is 1.97. The molecule has 0 saturated carbocycles. The Hall–Kier alpha value is -1.95. The van der Waals surface area contributed by atoms with Gasteiger partial charge in [0, 0.05) is 38.6 Å². The number of aryl methyl sites for hydroxylation is 1. The molecular weight excluding hydrogens is 245 g/mol. The van der Waals surface area contributed by atoms with Gasteiger partial charge in [0.2, 0.25) is 0 Å². The number of aromatic nitrogens is 3. The molecule has 102 valence electrons. The zero-order valence-corrected chi connectivity index (χ0v) is 11.4. The van der Waals surface area contributed by atoms with Crippen LogP contribution in [0.4, 0.5) is 10.2 Å². The predicted octanol–water partition coefficient (Wildman–Crippen LogP) is 1.31. The Kier molecular flexibility index (Phi) is 4.11. The summed E-state index contributed by atoms with van der Waals surface area (Å²) in [5.74, 6) is 1.38. The van der Waals surface area contributed by atoms with Gasteiger partial charge in [-0.15, -0.1) is 0 Å². The van der Waals surface area contributed by atoms with Gasteiger partial charge in [-0.05, 0) is 13.1 Å². The van der Waals surface area contributed by atoms with E-state index in [1.165, 1.54) is 12.3 Å². The maximum atomic E-state index is 13.3. The molecule has 0 amide bonds. The third-order valence-electron chi connectivity index (χ3n) is 2.94. The summed E-state index contributed by atoms with van der Waals surface area (Å²) in [6, 6.07) is 1.51. The van der Waals surface area contributed by atoms with E-state index in [4.69, 9.17) is 0 Å². The Balaban J connectivity index is 2.23. The predicted molar refractivity (Wildman–Crippen MR) is 72.3 cm³/mol. The van der Waals surface area contributed by atoms with Gasteiger partial charge in [0.15, 0.2) is 0 Å². The Morgan fingerprint density at radius 3 is 2.84 bits per heavy atom. The molecule has 2 rings (SSSR count). The molecule has 0 unspecified atom stereocenters. The molecule has 0 bridgehead atoms. The molecule has 0 aromatic carbocycles. The van der Waals surface area contributed by atoms with Crippen LogP contribution < -0.4 is 10.2 Å². The van der Waals surface area contributed by atoms with E-state index in [1.54, 1.807) is 6.20 Å². The van der Waals surface area contributed by atoms with Gasteiger partial charge in [-0.3, -0.25) is 0 Å². The van der Waals surface area contributed by atoms with Crippen LogP contribution in [0.25, 0.3) is 0 Å². The molecular formula is C13H18FN5. The maximum Gasteiger partial charge on any atom is 0.141 e. The van der Waals surface area contributed by atoms with Gasteiger partial charge in [-0.25, -0.2) is 14.4 Å². The maximum absolute atomic E-state index is 13.3. The summed E-state index contributed by atoms with van der Waals surface area (Å²) >= 11 is 0. The number of pyridine rings is 1. The van der Waals surface area contributed by atoms with Crippen LogP contribution in [-0.2, 0) is 20.1 Å². The smallest absolute Gasteiger partial charge is 0.141 e. The summed E-state index contributed by atoms with van der Waals surface area (Å²) in [4.78, 5) is 10.4.